The number of amides is 2. The summed E-state index contributed by atoms with van der Waals surface area (Å²) in [6.07, 6.45) is 3.57. The van der Waals surface area contributed by atoms with E-state index in [1.165, 1.54) is 12.1 Å². The highest BCUT2D eigenvalue weighted by molar-refractivity contribution is 5.92. The van der Waals surface area contributed by atoms with Gasteiger partial charge in [-0.05, 0) is 53.8 Å². The maximum Gasteiger partial charge on any atom is 0.237 e. The van der Waals surface area contributed by atoms with Gasteiger partial charge in [-0.3, -0.25) is 14.9 Å². The van der Waals surface area contributed by atoms with Crippen LogP contribution in [0.15, 0.2) is 42.5 Å². The molecule has 1 saturated carbocycles. The Labute approximate surface area is 169 Å². The van der Waals surface area contributed by atoms with E-state index < -0.39 is 5.54 Å². The van der Waals surface area contributed by atoms with Gasteiger partial charge in [0.25, 0.3) is 0 Å². The first kappa shape index (κ1) is 21.0. The summed E-state index contributed by atoms with van der Waals surface area (Å²) in [5, 5.41) is 6.20. The third-order valence-corrected chi connectivity index (χ3v) is 5.41. The number of anilines is 1. The highest BCUT2D eigenvalue weighted by Gasteiger charge is 2.38. The largest absolute Gasteiger partial charge is 0.368 e. The van der Waals surface area contributed by atoms with E-state index in [-0.39, 0.29) is 24.1 Å². The first-order chi connectivity index (χ1) is 13.9. The van der Waals surface area contributed by atoms with E-state index >= 15 is 0 Å². The predicted molar refractivity (Wildman–Crippen MR) is 110 cm³/mol. The molecule has 0 spiro atoms. The van der Waals surface area contributed by atoms with Gasteiger partial charge in [0.05, 0.1) is 12.0 Å². The number of benzene rings is 2. The number of halogens is 1. The molecule has 0 aliphatic heterocycles. The van der Waals surface area contributed by atoms with Crippen LogP contribution in [0.5, 0.6) is 0 Å². The van der Waals surface area contributed by atoms with Gasteiger partial charge in [-0.1, -0.05) is 31.0 Å². The summed E-state index contributed by atoms with van der Waals surface area (Å²) in [6.45, 7) is 0.785. The number of hydrogen-bond acceptors (Lipinski definition) is 4. The topological polar surface area (TPSA) is 110 Å². The molecule has 1 aliphatic carbocycles. The molecule has 0 aromatic heterocycles. The van der Waals surface area contributed by atoms with Gasteiger partial charge in [0.15, 0.2) is 0 Å². The molecule has 0 radical (unpaired) electrons. The summed E-state index contributed by atoms with van der Waals surface area (Å²) in [4.78, 5) is 24.3. The predicted octanol–water partition coefficient (Wildman–Crippen LogP) is 2.35. The van der Waals surface area contributed by atoms with Crippen molar-refractivity contribution in [3.05, 3.63) is 65.0 Å². The molecular formula is C22H27FN4O2. The number of carbonyl (C=O) groups excluding carboxylic acids is 2. The Bertz CT molecular complexity index is 877. The van der Waals surface area contributed by atoms with Crippen molar-refractivity contribution in [2.45, 2.75) is 50.7 Å². The van der Waals surface area contributed by atoms with Crippen molar-refractivity contribution in [2.75, 3.05) is 5.32 Å². The Morgan fingerprint density at radius 3 is 2.28 bits per heavy atom. The van der Waals surface area contributed by atoms with Crippen LogP contribution in [0.1, 0.15) is 42.4 Å². The van der Waals surface area contributed by atoms with Crippen LogP contribution in [0.2, 0.25) is 0 Å². The number of primary amides is 1. The van der Waals surface area contributed by atoms with Crippen LogP contribution in [0, 0.1) is 5.82 Å². The third kappa shape index (κ3) is 5.40. The fourth-order valence-electron chi connectivity index (χ4n) is 3.81. The molecule has 3 rings (SSSR count). The standard InChI is InChI=1S/C22H27FN4O2/c23-18-5-3-15(4-6-18)12-20(28)27-19-10-16(13-24)9-17(11-19)14-26-22(21(25)29)7-1-2-8-22/h3-6,9-11,26H,1-2,7-8,12-14,24H2,(H2,25,29)(H,27,28). The van der Waals surface area contributed by atoms with Crippen molar-refractivity contribution < 1.29 is 14.0 Å². The number of nitrogens with two attached hydrogens (primary N) is 2. The molecule has 154 valence electrons. The van der Waals surface area contributed by atoms with E-state index in [4.69, 9.17) is 11.5 Å². The van der Waals surface area contributed by atoms with Gasteiger partial charge in [0, 0.05) is 18.8 Å². The molecule has 7 heteroatoms. The van der Waals surface area contributed by atoms with Crippen LogP contribution >= 0.6 is 0 Å². The second-order valence-corrected chi connectivity index (χ2v) is 7.60. The molecule has 0 heterocycles. The first-order valence-corrected chi connectivity index (χ1v) is 9.82. The lowest BCUT2D eigenvalue weighted by Gasteiger charge is -2.27. The monoisotopic (exact) mass is 398 g/mol. The van der Waals surface area contributed by atoms with Crippen LogP contribution in [0.25, 0.3) is 0 Å². The smallest absolute Gasteiger partial charge is 0.237 e. The number of rotatable bonds is 8. The van der Waals surface area contributed by atoms with Crippen LogP contribution in [-0.2, 0) is 29.1 Å². The first-order valence-electron chi connectivity index (χ1n) is 9.82. The minimum absolute atomic E-state index is 0.144. The lowest BCUT2D eigenvalue weighted by Crippen LogP contribution is -2.53. The van der Waals surface area contributed by atoms with E-state index in [0.717, 1.165) is 42.4 Å². The van der Waals surface area contributed by atoms with Gasteiger partial charge in [0.1, 0.15) is 5.82 Å². The van der Waals surface area contributed by atoms with Crippen molar-refractivity contribution >= 4 is 17.5 Å². The molecule has 0 atom stereocenters. The highest BCUT2D eigenvalue weighted by Crippen LogP contribution is 2.30. The van der Waals surface area contributed by atoms with Gasteiger partial charge in [-0.25, -0.2) is 4.39 Å². The average molecular weight is 398 g/mol. The van der Waals surface area contributed by atoms with Gasteiger partial charge in [-0.15, -0.1) is 0 Å². The maximum atomic E-state index is 13.0. The van der Waals surface area contributed by atoms with Crippen LogP contribution in [0.3, 0.4) is 0 Å². The molecule has 29 heavy (non-hydrogen) atoms. The molecule has 6 N–H and O–H groups in total. The molecule has 0 saturated heterocycles. The van der Waals surface area contributed by atoms with Gasteiger partial charge >= 0.3 is 0 Å². The maximum absolute atomic E-state index is 13.0. The fraction of sp³-hybridized carbons (Fsp3) is 0.364. The van der Waals surface area contributed by atoms with Crippen molar-refractivity contribution in [1.82, 2.24) is 5.32 Å². The second kappa shape index (κ2) is 9.15. The second-order valence-electron chi connectivity index (χ2n) is 7.60. The van der Waals surface area contributed by atoms with E-state index in [2.05, 4.69) is 10.6 Å². The van der Waals surface area contributed by atoms with Gasteiger partial charge < -0.3 is 16.8 Å². The molecule has 0 bridgehead atoms. The lowest BCUT2D eigenvalue weighted by atomic mass is 9.96. The normalized spacial score (nSPS) is 15.2. The van der Waals surface area contributed by atoms with Gasteiger partial charge in [-0.2, -0.15) is 0 Å². The zero-order valence-electron chi connectivity index (χ0n) is 16.3. The zero-order valence-corrected chi connectivity index (χ0v) is 16.3. The Balaban J connectivity index is 1.68. The summed E-state index contributed by atoms with van der Waals surface area (Å²) in [5.74, 6) is -0.857. The number of nitrogens with one attached hydrogen (secondary N) is 2. The Hall–Kier alpha value is -2.77. The van der Waals surface area contributed by atoms with Crippen molar-refractivity contribution in [2.24, 2.45) is 11.5 Å². The Kier molecular flexibility index (Phi) is 6.61. The highest BCUT2D eigenvalue weighted by atomic mass is 19.1. The van der Waals surface area contributed by atoms with Crippen LogP contribution < -0.4 is 22.1 Å². The summed E-state index contributed by atoms with van der Waals surface area (Å²) in [6, 6.07) is 11.5. The molecule has 2 aromatic carbocycles. The quantitative estimate of drug-likeness (QED) is 0.547. The van der Waals surface area contributed by atoms with Crippen molar-refractivity contribution in [3.8, 4) is 0 Å². The SMILES string of the molecule is NCc1cc(CNC2(C(N)=O)CCCC2)cc(NC(=O)Cc2ccc(F)cc2)c1. The van der Waals surface area contributed by atoms with E-state index in [1.807, 2.05) is 18.2 Å². The van der Waals surface area contributed by atoms with Crippen LogP contribution in [0.4, 0.5) is 10.1 Å². The molecular weight excluding hydrogens is 371 g/mol. The van der Waals surface area contributed by atoms with E-state index in [0.29, 0.717) is 18.8 Å². The number of carbonyl (C=O) groups is 2. The van der Waals surface area contributed by atoms with E-state index in [9.17, 15) is 14.0 Å². The van der Waals surface area contributed by atoms with Gasteiger partial charge in [0.2, 0.25) is 11.8 Å². The molecule has 2 aromatic rings. The number of hydrogen-bond donors (Lipinski definition) is 4. The van der Waals surface area contributed by atoms with E-state index in [1.54, 1.807) is 12.1 Å². The molecule has 2 amide bonds. The molecule has 0 unspecified atom stereocenters. The summed E-state index contributed by atoms with van der Waals surface area (Å²) >= 11 is 0. The molecule has 1 fully saturated rings. The van der Waals surface area contributed by atoms with Crippen LogP contribution in [-0.4, -0.2) is 17.4 Å². The summed E-state index contributed by atoms with van der Waals surface area (Å²) < 4.78 is 13.0. The lowest BCUT2D eigenvalue weighted by molar-refractivity contribution is -0.124. The fourth-order valence-corrected chi connectivity index (χ4v) is 3.81. The molecule has 1 aliphatic rings. The summed E-state index contributed by atoms with van der Waals surface area (Å²) in [7, 11) is 0. The van der Waals surface area contributed by atoms with Crippen molar-refractivity contribution in [1.29, 1.82) is 0 Å². The zero-order chi connectivity index (χ0) is 20.9. The summed E-state index contributed by atoms with van der Waals surface area (Å²) in [5.41, 5.74) is 13.9. The van der Waals surface area contributed by atoms with Crippen molar-refractivity contribution in [3.63, 3.8) is 0 Å². The average Bonchev–Trinajstić information content (AvgIpc) is 3.18. The minimum atomic E-state index is -0.662. The third-order valence-electron chi connectivity index (χ3n) is 5.41. The molecule has 6 nitrogen and oxygen atoms in total. The minimum Gasteiger partial charge on any atom is -0.368 e. The Morgan fingerprint density at radius 2 is 1.66 bits per heavy atom. The Morgan fingerprint density at radius 1 is 1.00 bits per heavy atom.